The van der Waals surface area contributed by atoms with Crippen molar-refractivity contribution >= 4 is 52.0 Å². The van der Waals surface area contributed by atoms with Crippen molar-refractivity contribution in [3.05, 3.63) is 0 Å². The first-order valence-electron chi connectivity index (χ1n) is 2.20. The van der Waals surface area contributed by atoms with Crippen LogP contribution in [-0.4, -0.2) is 57.5 Å². The summed E-state index contributed by atoms with van der Waals surface area (Å²) >= 11 is 0. The number of carbonyl (C=O) groups excluding carboxylic acids is 2. The largest absolute Gasteiger partial charge is 2.00 e. The molecule has 0 aromatic heterocycles. The van der Waals surface area contributed by atoms with E-state index < -0.39 is 24.4 Å². The quantitative estimate of drug-likeness (QED) is 0.503. The molecule has 10 heteroatoms. The Balaban J connectivity index is -0.0000000320. The first kappa shape index (κ1) is 36.9. The number of nitrogens with two attached hydrogens (primary N) is 1. The molecular weight excluding hydrogens is 278 g/mol. The molecule has 8 N–H and O–H groups in total. The Labute approximate surface area is 106 Å². The van der Waals surface area contributed by atoms with Gasteiger partial charge in [0, 0.05) is 18.4 Å². The van der Waals surface area contributed by atoms with E-state index in [0.29, 0.717) is 0 Å². The number of hydrogen-bond donors (Lipinski definition) is 1. The van der Waals surface area contributed by atoms with Crippen LogP contribution in [0.1, 0.15) is 6.42 Å². The van der Waals surface area contributed by atoms with Gasteiger partial charge in [-0.25, -0.2) is 0 Å². The van der Waals surface area contributed by atoms with Crippen molar-refractivity contribution in [1.29, 1.82) is 0 Å². The summed E-state index contributed by atoms with van der Waals surface area (Å²) in [6.45, 7) is 0. The standard InChI is InChI=1S/C4H7NO4.BrH.Mg.3H2O/c5-2(4(8)9)1-3(6)7;;;;;/h2H,1,5H2,(H,6,7)(H,8,9);1H;;3*1H2/q;;+2;;;/p-2. The number of halogens is 1. The minimum atomic E-state index is -1.58. The molecule has 8 nitrogen and oxygen atoms in total. The van der Waals surface area contributed by atoms with Gasteiger partial charge in [-0.15, -0.1) is 17.0 Å². The second-order valence-electron chi connectivity index (χ2n) is 1.50. The number of carboxylic acids is 2. The predicted molar refractivity (Wildman–Crippen MR) is 49.5 cm³/mol. The van der Waals surface area contributed by atoms with Crippen LogP contribution < -0.4 is 15.9 Å². The van der Waals surface area contributed by atoms with Gasteiger partial charge in [-0.05, 0) is 0 Å². The minimum absolute atomic E-state index is 0. The van der Waals surface area contributed by atoms with Gasteiger partial charge in [0.15, 0.2) is 0 Å². The molecule has 0 radical (unpaired) electrons. The van der Waals surface area contributed by atoms with Gasteiger partial charge in [0.1, 0.15) is 0 Å². The third-order valence-corrected chi connectivity index (χ3v) is 0.689. The average Bonchev–Trinajstić information content (AvgIpc) is 1.63. The molecule has 0 fully saturated rings. The molecule has 0 aromatic carbocycles. The van der Waals surface area contributed by atoms with Gasteiger partial charge in [0.2, 0.25) is 0 Å². The van der Waals surface area contributed by atoms with Gasteiger partial charge in [-0.3, -0.25) is 0 Å². The summed E-state index contributed by atoms with van der Waals surface area (Å²) in [7, 11) is 0. The molecule has 1 atom stereocenters. The molecule has 0 heterocycles. The summed E-state index contributed by atoms with van der Waals surface area (Å²) in [6, 6.07) is -1.46. The topological polar surface area (TPSA) is 201 Å². The molecule has 0 aliphatic carbocycles. The van der Waals surface area contributed by atoms with E-state index >= 15 is 0 Å². The molecule has 0 spiro atoms. The second kappa shape index (κ2) is 18.7. The zero-order valence-corrected chi connectivity index (χ0v) is 10.2. The van der Waals surface area contributed by atoms with Crippen LogP contribution in [-0.2, 0) is 9.59 Å². The SMILES string of the molecule is Br.NC(CC(=O)[O-])C(=O)[O-].O.O.O.[Mg+2]. The first-order valence-corrected chi connectivity index (χ1v) is 2.20. The average molecular weight is 290 g/mol. The zero-order valence-electron chi connectivity index (χ0n) is 7.11. The summed E-state index contributed by atoms with van der Waals surface area (Å²) in [5, 5.41) is 19.3. The van der Waals surface area contributed by atoms with Crippen molar-refractivity contribution < 1.29 is 36.2 Å². The molecule has 0 amide bonds. The van der Waals surface area contributed by atoms with E-state index in [1.54, 1.807) is 0 Å². The summed E-state index contributed by atoms with van der Waals surface area (Å²) in [4.78, 5) is 19.3. The fraction of sp³-hybridized carbons (Fsp3) is 0.500. The normalized spacial score (nSPS) is 8.07. The number of rotatable bonds is 3. The number of carbonyl (C=O) groups is 2. The fourth-order valence-electron chi connectivity index (χ4n) is 0.263. The number of hydrogen-bond acceptors (Lipinski definition) is 5. The maximum Gasteiger partial charge on any atom is 2.00 e. The Morgan fingerprint density at radius 2 is 1.43 bits per heavy atom. The van der Waals surface area contributed by atoms with E-state index in [1.807, 2.05) is 0 Å². The van der Waals surface area contributed by atoms with E-state index in [-0.39, 0.29) is 56.5 Å². The second-order valence-corrected chi connectivity index (χ2v) is 1.50. The van der Waals surface area contributed by atoms with E-state index in [2.05, 4.69) is 0 Å². The van der Waals surface area contributed by atoms with Gasteiger partial charge in [-0.1, -0.05) is 0 Å². The fourth-order valence-corrected chi connectivity index (χ4v) is 0.263. The summed E-state index contributed by atoms with van der Waals surface area (Å²) in [5.74, 6) is -3.08. The molecule has 84 valence electrons. The predicted octanol–water partition coefficient (Wildman–Crippen LogP) is -6.07. The van der Waals surface area contributed by atoms with Gasteiger partial charge in [0.05, 0.1) is 5.97 Å². The Morgan fingerprint density at radius 1 is 1.14 bits per heavy atom. The van der Waals surface area contributed by atoms with E-state index in [1.165, 1.54) is 0 Å². The molecule has 0 rings (SSSR count). The van der Waals surface area contributed by atoms with Crippen molar-refractivity contribution in [3.63, 3.8) is 0 Å². The van der Waals surface area contributed by atoms with E-state index in [4.69, 9.17) is 5.73 Å². The monoisotopic (exact) mass is 289 g/mol. The van der Waals surface area contributed by atoms with Crippen LogP contribution in [0.5, 0.6) is 0 Å². The van der Waals surface area contributed by atoms with Gasteiger partial charge in [0.25, 0.3) is 0 Å². The third kappa shape index (κ3) is 22.7. The van der Waals surface area contributed by atoms with Gasteiger partial charge >= 0.3 is 23.1 Å². The van der Waals surface area contributed by atoms with Crippen LogP contribution in [0.3, 0.4) is 0 Å². The van der Waals surface area contributed by atoms with Crippen molar-refractivity contribution in [1.82, 2.24) is 0 Å². The Bertz CT molecular complexity index is 146. The molecule has 0 saturated carbocycles. The molecule has 14 heavy (non-hydrogen) atoms. The van der Waals surface area contributed by atoms with Crippen molar-refractivity contribution in [3.8, 4) is 0 Å². The van der Waals surface area contributed by atoms with Crippen LogP contribution in [0, 0.1) is 0 Å². The van der Waals surface area contributed by atoms with Crippen molar-refractivity contribution in [2.24, 2.45) is 5.73 Å². The van der Waals surface area contributed by atoms with E-state index in [0.717, 1.165) is 0 Å². The maximum absolute atomic E-state index is 9.71. The smallest absolute Gasteiger partial charge is 0.550 e. The molecule has 0 bridgehead atoms. The summed E-state index contributed by atoms with van der Waals surface area (Å²) < 4.78 is 0. The minimum Gasteiger partial charge on any atom is -0.550 e. The molecule has 0 saturated heterocycles. The Kier molecular flexibility index (Phi) is 49.5. The molecule has 0 aliphatic rings. The van der Waals surface area contributed by atoms with Crippen LogP contribution in [0.2, 0.25) is 0 Å². The first-order chi connectivity index (χ1) is 4.04. The zero-order chi connectivity index (χ0) is 7.44. The van der Waals surface area contributed by atoms with Crippen LogP contribution >= 0.6 is 17.0 Å². The maximum atomic E-state index is 9.71. The van der Waals surface area contributed by atoms with Crippen molar-refractivity contribution in [2.75, 3.05) is 0 Å². The van der Waals surface area contributed by atoms with E-state index in [9.17, 15) is 19.8 Å². The van der Waals surface area contributed by atoms with Crippen molar-refractivity contribution in [2.45, 2.75) is 12.5 Å². The number of aliphatic carboxylic acids is 2. The molecule has 0 aliphatic heterocycles. The Hall–Kier alpha value is 0.0262. The van der Waals surface area contributed by atoms with Gasteiger partial charge < -0.3 is 42.0 Å². The van der Waals surface area contributed by atoms with Crippen LogP contribution in [0.4, 0.5) is 0 Å². The third-order valence-electron chi connectivity index (χ3n) is 0.689. The molecule has 0 aromatic rings. The van der Waals surface area contributed by atoms with Crippen LogP contribution in [0.15, 0.2) is 0 Å². The summed E-state index contributed by atoms with van der Waals surface area (Å²) in [6.07, 6.45) is -0.706. The number of carboxylic acid groups (broad SMARTS) is 2. The van der Waals surface area contributed by atoms with Crippen LogP contribution in [0.25, 0.3) is 0 Å². The molecule has 1 unspecified atom stereocenters. The van der Waals surface area contributed by atoms with Gasteiger partial charge in [-0.2, -0.15) is 0 Å². The Morgan fingerprint density at radius 3 is 1.50 bits per heavy atom. The molecular formula is C4H12BrMgNO7. The summed E-state index contributed by atoms with van der Waals surface area (Å²) in [5.41, 5.74) is 4.73.